The lowest BCUT2D eigenvalue weighted by Gasteiger charge is -2.09. The van der Waals surface area contributed by atoms with Gasteiger partial charge in [-0.1, -0.05) is 5.22 Å². The quantitative estimate of drug-likeness (QED) is 0.288. The van der Waals surface area contributed by atoms with Crippen molar-refractivity contribution < 1.29 is 0 Å². The first-order valence-corrected chi connectivity index (χ1v) is 3.90. The Morgan fingerprint density at radius 1 is 1.38 bits per heavy atom. The van der Waals surface area contributed by atoms with Gasteiger partial charge in [0, 0.05) is 18.3 Å². The smallest absolute Gasteiger partial charge is 0.0944 e. The van der Waals surface area contributed by atoms with E-state index < -0.39 is 0 Å². The highest BCUT2D eigenvalue weighted by Gasteiger charge is 1.93. The highest BCUT2D eigenvalue weighted by molar-refractivity contribution is 5.24. The van der Waals surface area contributed by atoms with Crippen LogP contribution in [-0.2, 0) is 0 Å². The first kappa shape index (κ1) is 11.4. The van der Waals surface area contributed by atoms with Gasteiger partial charge in [-0.05, 0) is 26.0 Å². The molecule has 0 saturated carbocycles. The van der Waals surface area contributed by atoms with Crippen LogP contribution in [0.5, 0.6) is 0 Å². The van der Waals surface area contributed by atoms with Gasteiger partial charge >= 0.3 is 0 Å². The molecule has 0 bridgehead atoms. The molecule has 0 spiro atoms. The van der Waals surface area contributed by atoms with Crippen molar-refractivity contribution in [2.75, 3.05) is 14.1 Å². The Bertz CT molecular complexity index is 280. The van der Waals surface area contributed by atoms with Gasteiger partial charge in [0.1, 0.15) is 0 Å². The van der Waals surface area contributed by atoms with Crippen molar-refractivity contribution in [3.8, 4) is 6.07 Å². The van der Waals surface area contributed by atoms with Crippen LogP contribution in [-0.4, -0.2) is 19.1 Å². The van der Waals surface area contributed by atoms with Crippen molar-refractivity contribution >= 4 is 0 Å². The maximum atomic E-state index is 8.49. The summed E-state index contributed by atoms with van der Waals surface area (Å²) in [5.74, 6) is 0. The van der Waals surface area contributed by atoms with Crippen molar-refractivity contribution in [1.29, 1.82) is 5.26 Å². The molecule has 0 amide bonds. The van der Waals surface area contributed by atoms with E-state index >= 15 is 0 Å². The van der Waals surface area contributed by atoms with Gasteiger partial charge in [-0.2, -0.15) is 10.4 Å². The Kier molecular flexibility index (Phi) is 5.20. The topological polar surface area (TPSA) is 51.8 Å². The van der Waals surface area contributed by atoms with E-state index in [1.54, 1.807) is 32.1 Å². The second kappa shape index (κ2) is 5.95. The van der Waals surface area contributed by atoms with E-state index in [1.165, 1.54) is 0 Å². The first-order chi connectivity index (χ1) is 6.11. The molecule has 0 N–H and O–H groups in total. The summed E-state index contributed by atoms with van der Waals surface area (Å²) in [6.45, 7) is 3.65. The number of allylic oxidation sites excluding steroid dienone is 4. The Morgan fingerprint density at radius 3 is 2.46 bits per heavy atom. The van der Waals surface area contributed by atoms with Crippen molar-refractivity contribution in [3.05, 3.63) is 23.4 Å². The fraction of sp³-hybridized carbons (Fsp3) is 0.444. The number of nitrogens with zero attached hydrogens (tertiary/aromatic N) is 4. The molecule has 0 saturated heterocycles. The molecule has 0 aromatic carbocycles. The van der Waals surface area contributed by atoms with E-state index in [2.05, 4.69) is 10.3 Å². The summed E-state index contributed by atoms with van der Waals surface area (Å²) >= 11 is 0. The number of hydrogen-bond donors (Lipinski definition) is 0. The third-order valence-corrected chi connectivity index (χ3v) is 1.48. The Balaban J connectivity index is 4.43. The van der Waals surface area contributed by atoms with Gasteiger partial charge in [0.25, 0.3) is 0 Å². The van der Waals surface area contributed by atoms with E-state index in [0.29, 0.717) is 5.57 Å². The van der Waals surface area contributed by atoms with E-state index in [-0.39, 0.29) is 0 Å². The zero-order valence-electron chi connectivity index (χ0n) is 8.44. The zero-order chi connectivity index (χ0) is 10.3. The van der Waals surface area contributed by atoms with Gasteiger partial charge in [-0.3, -0.25) is 5.01 Å². The summed E-state index contributed by atoms with van der Waals surface area (Å²) in [4.78, 5) is 0. The highest BCUT2D eigenvalue weighted by Crippen LogP contribution is 2.02. The molecule has 0 atom stereocenters. The average molecular weight is 178 g/mol. The van der Waals surface area contributed by atoms with E-state index in [9.17, 15) is 0 Å². The van der Waals surface area contributed by atoms with E-state index in [4.69, 9.17) is 5.26 Å². The van der Waals surface area contributed by atoms with Crippen molar-refractivity contribution in [3.63, 3.8) is 0 Å². The Morgan fingerprint density at radius 2 is 2.00 bits per heavy atom. The van der Waals surface area contributed by atoms with E-state index in [0.717, 1.165) is 5.70 Å². The molecule has 0 rings (SSSR count). The van der Waals surface area contributed by atoms with Gasteiger partial charge < -0.3 is 0 Å². The molecule has 0 fully saturated rings. The third kappa shape index (κ3) is 4.75. The summed E-state index contributed by atoms with van der Waals surface area (Å²) in [5.41, 5.74) is 1.60. The van der Waals surface area contributed by atoms with Gasteiger partial charge in [-0.15, -0.1) is 0 Å². The Hall–Kier alpha value is -1.63. The largest absolute Gasteiger partial charge is 0.255 e. The van der Waals surface area contributed by atoms with Crippen LogP contribution in [0.4, 0.5) is 0 Å². The fourth-order valence-corrected chi connectivity index (χ4v) is 0.595. The number of rotatable bonds is 3. The maximum Gasteiger partial charge on any atom is 0.0944 e. The lowest BCUT2D eigenvalue weighted by Crippen LogP contribution is -2.06. The van der Waals surface area contributed by atoms with Gasteiger partial charge in [0.05, 0.1) is 13.1 Å². The lowest BCUT2D eigenvalue weighted by molar-refractivity contribution is 0.414. The van der Waals surface area contributed by atoms with Gasteiger partial charge in [-0.25, -0.2) is 0 Å². The van der Waals surface area contributed by atoms with Crippen LogP contribution in [0.2, 0.25) is 0 Å². The zero-order valence-corrected chi connectivity index (χ0v) is 8.44. The van der Waals surface area contributed by atoms with Crippen LogP contribution in [0.3, 0.4) is 0 Å². The first-order valence-electron chi connectivity index (χ1n) is 3.90. The molecule has 0 aliphatic heterocycles. The van der Waals surface area contributed by atoms with Crippen molar-refractivity contribution in [1.82, 2.24) is 5.01 Å². The van der Waals surface area contributed by atoms with Crippen LogP contribution in [0.25, 0.3) is 0 Å². The second-order valence-electron chi connectivity index (χ2n) is 2.58. The summed E-state index contributed by atoms with van der Waals surface area (Å²) in [7, 11) is 3.41. The molecule has 0 aliphatic carbocycles. The molecule has 0 heterocycles. The second-order valence-corrected chi connectivity index (χ2v) is 2.58. The molecule has 4 heteroatoms. The third-order valence-electron chi connectivity index (χ3n) is 1.48. The van der Waals surface area contributed by atoms with Crippen molar-refractivity contribution in [2.45, 2.75) is 13.8 Å². The number of hydrogen-bond acceptors (Lipinski definition) is 3. The standard InChI is InChI=1S/C9H14N4/c1-8(7-10)5-6-9(2)13(4)12-11-3/h5-6H,1-4H3. The molecule has 0 unspecified atom stereocenters. The molecule has 70 valence electrons. The average Bonchev–Trinajstić information content (AvgIpc) is 2.13. The lowest BCUT2D eigenvalue weighted by atomic mass is 10.3. The fourth-order valence-electron chi connectivity index (χ4n) is 0.595. The predicted molar refractivity (Wildman–Crippen MR) is 51.7 cm³/mol. The van der Waals surface area contributed by atoms with Crippen LogP contribution >= 0.6 is 0 Å². The van der Waals surface area contributed by atoms with Crippen LogP contribution in [0, 0.1) is 11.3 Å². The van der Waals surface area contributed by atoms with Crippen LogP contribution in [0.1, 0.15) is 13.8 Å². The van der Waals surface area contributed by atoms with Gasteiger partial charge in [0.15, 0.2) is 0 Å². The highest BCUT2D eigenvalue weighted by atomic mass is 15.5. The van der Waals surface area contributed by atoms with Gasteiger partial charge in [0.2, 0.25) is 0 Å². The Labute approximate surface area is 78.8 Å². The molecule has 13 heavy (non-hydrogen) atoms. The summed E-state index contributed by atoms with van der Waals surface area (Å²) in [5, 5.41) is 17.6. The summed E-state index contributed by atoms with van der Waals surface area (Å²) in [6.07, 6.45) is 3.57. The molecule has 4 nitrogen and oxygen atoms in total. The monoisotopic (exact) mass is 178 g/mol. The summed E-state index contributed by atoms with van der Waals surface area (Å²) in [6, 6.07) is 2.04. The SMILES string of the molecule is CN=NN(C)C(C)=CC=C(C)C#N. The molecular formula is C9H14N4. The van der Waals surface area contributed by atoms with Crippen LogP contribution in [0.15, 0.2) is 33.8 Å². The molecule has 0 aromatic rings. The minimum atomic E-state index is 0.668. The maximum absolute atomic E-state index is 8.49. The van der Waals surface area contributed by atoms with Crippen molar-refractivity contribution in [2.24, 2.45) is 10.3 Å². The minimum absolute atomic E-state index is 0.668. The normalized spacial score (nSPS) is 13.2. The van der Waals surface area contributed by atoms with Crippen LogP contribution < -0.4 is 0 Å². The number of nitriles is 1. The predicted octanol–water partition coefficient (Wildman–Crippen LogP) is 2.29. The van der Waals surface area contributed by atoms with E-state index in [1.807, 2.05) is 19.1 Å². The molecular weight excluding hydrogens is 164 g/mol. The summed E-state index contributed by atoms with van der Waals surface area (Å²) < 4.78 is 0. The molecule has 0 radical (unpaired) electrons. The minimum Gasteiger partial charge on any atom is -0.255 e. The molecule has 0 aliphatic rings. The molecule has 0 aromatic heterocycles.